The van der Waals surface area contributed by atoms with Gasteiger partial charge >= 0.3 is 47.9 Å². The van der Waals surface area contributed by atoms with Gasteiger partial charge in [0.15, 0.2) is 0 Å². The summed E-state index contributed by atoms with van der Waals surface area (Å²) < 4.78 is 244. The fourth-order valence-electron chi connectivity index (χ4n) is 1.99. The van der Waals surface area contributed by atoms with Crippen molar-refractivity contribution >= 4 is 0 Å². The maximum Gasteiger partial charge on any atom is 0.438 e. The molecule has 0 aromatic heterocycles. The minimum atomic E-state index is -8.99. The van der Waals surface area contributed by atoms with Crippen LogP contribution in [0.3, 0.4) is 0 Å². The van der Waals surface area contributed by atoms with E-state index in [1.54, 1.807) is 0 Å². The molecule has 0 fully saturated rings. The Balaban J connectivity index is 7.17. The monoisotopic (exact) mass is 513 g/mol. The first kappa shape index (κ1) is 29.6. The number of hydrogen-bond acceptors (Lipinski definition) is 0. The first-order valence-electron chi connectivity index (χ1n) is 6.73. The minimum absolute atomic E-state index is 2.79. The molecular weight excluding hydrogens is 509 g/mol. The first-order chi connectivity index (χ1) is 13.1. The van der Waals surface area contributed by atoms with Crippen molar-refractivity contribution in [1.29, 1.82) is 0 Å². The van der Waals surface area contributed by atoms with Gasteiger partial charge in [0.2, 0.25) is 0 Å². The van der Waals surface area contributed by atoms with Gasteiger partial charge in [-0.25, -0.2) is 13.9 Å². The predicted molar refractivity (Wildman–Crippen MR) is 55.8 cm³/mol. The molecule has 0 amide bonds. The lowest BCUT2D eigenvalue weighted by atomic mass is 9.80. The van der Waals surface area contributed by atoms with Gasteiger partial charge in [0.05, 0.1) is 6.61 Å². The molecule has 0 saturated heterocycles. The molecule has 1 unspecified atom stereocenters. The molecule has 0 aromatic carbocycles. The van der Waals surface area contributed by atoms with Gasteiger partial charge in [-0.2, -0.15) is 74.6 Å². The molecule has 31 heavy (non-hydrogen) atoms. The van der Waals surface area contributed by atoms with E-state index in [2.05, 4.69) is 0 Å². The van der Waals surface area contributed by atoms with Crippen LogP contribution in [0.15, 0.2) is 0 Å². The summed E-state index contributed by atoms with van der Waals surface area (Å²) in [5, 5.41) is 10.0. The summed E-state index contributed by atoms with van der Waals surface area (Å²) in [5.41, 5.74) is -15.9. The Morgan fingerprint density at radius 2 is 0.677 bits per heavy atom. The van der Waals surface area contributed by atoms with Crippen molar-refractivity contribution in [3.8, 4) is 0 Å². The van der Waals surface area contributed by atoms with E-state index in [-0.39, 0.29) is 0 Å². The smallest absolute Gasteiger partial charge is 0.237 e. The zero-order chi connectivity index (χ0) is 25.9. The van der Waals surface area contributed by atoms with Gasteiger partial charge in [-0.05, 0) is 0 Å². The standard InChI is InChI=1S/C11H4F19O/c12-3(1-2-31,9(22,23)24)5(14,15)7(18,19)8(20,21)6(16,17)4(13,10(25,26)27)11(28,29)30/h1-2H2. The average molecular weight is 513 g/mol. The van der Waals surface area contributed by atoms with E-state index < -0.39 is 66.6 Å². The molecule has 0 N–H and O–H groups in total. The average Bonchev–Trinajstić information content (AvgIpc) is 2.49. The zero-order valence-corrected chi connectivity index (χ0v) is 13.5. The highest BCUT2D eigenvalue weighted by molar-refractivity contribution is 5.19. The quantitative estimate of drug-likeness (QED) is 0.349. The van der Waals surface area contributed by atoms with Gasteiger partial charge in [0.25, 0.3) is 5.67 Å². The molecule has 0 aromatic rings. The van der Waals surface area contributed by atoms with Gasteiger partial charge in [0, 0.05) is 6.42 Å². The number of alkyl halides is 19. The molecule has 187 valence electrons. The lowest BCUT2D eigenvalue weighted by Crippen LogP contribution is -2.78. The Morgan fingerprint density at radius 3 is 0.903 bits per heavy atom. The molecule has 0 bridgehead atoms. The number of rotatable bonds is 7. The maximum atomic E-state index is 13.6. The second kappa shape index (κ2) is 7.32. The first-order valence-corrected chi connectivity index (χ1v) is 6.73. The van der Waals surface area contributed by atoms with E-state index in [1.807, 2.05) is 0 Å². The Bertz CT molecular complexity index is 625. The van der Waals surface area contributed by atoms with Crippen LogP contribution < -0.4 is 0 Å². The molecule has 0 spiro atoms. The Labute approximate surface area is 156 Å². The van der Waals surface area contributed by atoms with Crippen molar-refractivity contribution in [1.82, 2.24) is 0 Å². The van der Waals surface area contributed by atoms with Crippen LogP contribution in [0, 0.1) is 0 Å². The lowest BCUT2D eigenvalue weighted by Gasteiger charge is -2.45. The van der Waals surface area contributed by atoms with Gasteiger partial charge in [-0.1, -0.05) is 0 Å². The van der Waals surface area contributed by atoms with Crippen molar-refractivity contribution in [3.63, 3.8) is 0 Å². The second-order valence-electron chi connectivity index (χ2n) is 5.70. The van der Waals surface area contributed by atoms with Crippen molar-refractivity contribution in [2.24, 2.45) is 0 Å². The largest absolute Gasteiger partial charge is 0.438 e. The van der Waals surface area contributed by atoms with Gasteiger partial charge in [-0.15, -0.1) is 0 Å². The van der Waals surface area contributed by atoms with Crippen LogP contribution >= 0.6 is 0 Å². The van der Waals surface area contributed by atoms with Crippen LogP contribution in [-0.2, 0) is 5.11 Å². The van der Waals surface area contributed by atoms with Crippen LogP contribution in [0.1, 0.15) is 6.42 Å². The van der Waals surface area contributed by atoms with Crippen molar-refractivity contribution in [3.05, 3.63) is 0 Å². The van der Waals surface area contributed by atoms with E-state index in [4.69, 9.17) is 0 Å². The highest BCUT2D eigenvalue weighted by Gasteiger charge is 2.97. The SMILES string of the molecule is [O]CCC(F)(C(F)(F)F)C(F)(F)C(F)(F)C(F)(F)C(F)(F)C(F)(C(F)(F)F)C(F)(F)F. The van der Waals surface area contributed by atoms with Gasteiger partial charge in [0.1, 0.15) is 0 Å². The van der Waals surface area contributed by atoms with Crippen LogP contribution in [0.5, 0.6) is 0 Å². The van der Waals surface area contributed by atoms with Crippen LogP contribution in [-0.4, -0.2) is 60.2 Å². The van der Waals surface area contributed by atoms with Crippen LogP contribution in [0.25, 0.3) is 0 Å². The highest BCUT2D eigenvalue weighted by Crippen LogP contribution is 2.66. The molecule has 1 radical (unpaired) electrons. The third kappa shape index (κ3) is 3.65. The van der Waals surface area contributed by atoms with Gasteiger partial charge < -0.3 is 0 Å². The van der Waals surface area contributed by atoms with Crippen LogP contribution in [0.2, 0.25) is 0 Å². The van der Waals surface area contributed by atoms with Crippen molar-refractivity contribution in [2.45, 2.75) is 60.0 Å². The highest BCUT2D eigenvalue weighted by atomic mass is 19.4. The van der Waals surface area contributed by atoms with Crippen LogP contribution in [0.4, 0.5) is 83.4 Å². The van der Waals surface area contributed by atoms with Crippen molar-refractivity contribution < 1.29 is 88.5 Å². The summed E-state index contributed by atoms with van der Waals surface area (Å²) in [5.74, 6) is -35.1. The Kier molecular flexibility index (Phi) is 7.00. The topological polar surface area (TPSA) is 19.9 Å². The summed E-state index contributed by atoms with van der Waals surface area (Å²) in [4.78, 5) is 0. The molecule has 0 rings (SSSR count). The van der Waals surface area contributed by atoms with E-state index in [1.165, 1.54) is 0 Å². The van der Waals surface area contributed by atoms with E-state index in [0.717, 1.165) is 0 Å². The molecule has 0 aliphatic rings. The number of halogens is 19. The fraction of sp³-hybridized carbons (Fsp3) is 1.00. The third-order valence-corrected chi connectivity index (χ3v) is 3.79. The fourth-order valence-corrected chi connectivity index (χ4v) is 1.99. The number of hydrogen-bond donors (Lipinski definition) is 0. The molecule has 0 saturated carbocycles. The molecule has 1 atom stereocenters. The summed E-state index contributed by atoms with van der Waals surface area (Å²) in [6.07, 6.45) is -27.5. The maximum absolute atomic E-state index is 13.6. The molecule has 20 heteroatoms. The molecule has 1 nitrogen and oxygen atoms in total. The molecule has 0 aliphatic carbocycles. The normalized spacial score (nSPS) is 18.2. The molecule has 0 heterocycles. The lowest BCUT2D eigenvalue weighted by molar-refractivity contribution is -0.469. The third-order valence-electron chi connectivity index (χ3n) is 3.79. The molecular formula is C11H4F19O. The van der Waals surface area contributed by atoms with E-state index >= 15 is 0 Å². The summed E-state index contributed by atoms with van der Waals surface area (Å²) in [6.45, 7) is -2.79. The summed E-state index contributed by atoms with van der Waals surface area (Å²) in [7, 11) is 0. The Morgan fingerprint density at radius 1 is 0.387 bits per heavy atom. The summed E-state index contributed by atoms with van der Waals surface area (Å²) >= 11 is 0. The zero-order valence-electron chi connectivity index (χ0n) is 13.5. The van der Waals surface area contributed by atoms with E-state index in [9.17, 15) is 88.5 Å². The van der Waals surface area contributed by atoms with Crippen molar-refractivity contribution in [2.75, 3.05) is 6.61 Å². The molecule has 0 aliphatic heterocycles. The Hall–Kier alpha value is -1.37. The predicted octanol–water partition coefficient (Wildman–Crippen LogP) is 6.45. The second-order valence-corrected chi connectivity index (χ2v) is 5.70. The summed E-state index contributed by atoms with van der Waals surface area (Å²) in [6, 6.07) is 0. The van der Waals surface area contributed by atoms with Gasteiger partial charge in [-0.3, -0.25) is 0 Å². The minimum Gasteiger partial charge on any atom is -0.237 e. The van der Waals surface area contributed by atoms with E-state index in [0.29, 0.717) is 0 Å².